The number of aromatic nitrogens is 1. The zero-order chi connectivity index (χ0) is 17.5. The van der Waals surface area contributed by atoms with Gasteiger partial charge in [-0.2, -0.15) is 0 Å². The Morgan fingerprint density at radius 2 is 1.88 bits per heavy atom. The van der Waals surface area contributed by atoms with Crippen LogP contribution in [0.3, 0.4) is 0 Å². The van der Waals surface area contributed by atoms with Gasteiger partial charge in [-0.15, -0.1) is 11.8 Å². The average Bonchev–Trinajstić information content (AvgIpc) is 2.60. The summed E-state index contributed by atoms with van der Waals surface area (Å²) in [4.78, 5) is 15.1. The minimum absolute atomic E-state index is 0.0639. The Kier molecular flexibility index (Phi) is 6.74. The molecule has 0 aliphatic carbocycles. The van der Waals surface area contributed by atoms with Crippen molar-refractivity contribution in [2.75, 3.05) is 5.75 Å². The molecule has 2 aromatic rings. The summed E-state index contributed by atoms with van der Waals surface area (Å²) < 4.78 is 0. The van der Waals surface area contributed by atoms with Crippen LogP contribution < -0.4 is 0 Å². The van der Waals surface area contributed by atoms with E-state index in [-0.39, 0.29) is 24.3 Å². The number of nitrogens with zero attached hydrogens (tertiary/aromatic N) is 1. The molecule has 2 atom stereocenters. The van der Waals surface area contributed by atoms with Crippen molar-refractivity contribution in [1.82, 2.24) is 4.98 Å². The van der Waals surface area contributed by atoms with E-state index < -0.39 is 18.2 Å². The second-order valence-electron chi connectivity index (χ2n) is 5.28. The summed E-state index contributed by atoms with van der Waals surface area (Å²) in [7, 11) is 0. The molecule has 2 rings (SSSR count). The van der Waals surface area contributed by atoms with Crippen molar-refractivity contribution >= 4 is 17.7 Å². The Bertz CT molecular complexity index is 677. The molecular weight excluding hydrogens is 330 g/mol. The molecule has 128 valence electrons. The van der Waals surface area contributed by atoms with Crippen LogP contribution in [0.1, 0.15) is 34.0 Å². The van der Waals surface area contributed by atoms with E-state index in [1.54, 1.807) is 30.3 Å². The molecule has 6 nitrogen and oxygen atoms in total. The predicted octanol–water partition coefficient (Wildman–Crippen LogP) is 1.85. The van der Waals surface area contributed by atoms with Crippen LogP contribution in [0.2, 0.25) is 0 Å². The van der Waals surface area contributed by atoms with Crippen LogP contribution in [0.4, 0.5) is 0 Å². The molecule has 0 saturated carbocycles. The minimum atomic E-state index is -1.07. The third-order valence-corrected chi connectivity index (χ3v) is 4.61. The molecule has 0 aliphatic heterocycles. The van der Waals surface area contributed by atoms with E-state index in [9.17, 15) is 15.0 Å². The molecule has 1 heterocycles. The summed E-state index contributed by atoms with van der Waals surface area (Å²) in [5.41, 5.74) is 1.49. The van der Waals surface area contributed by atoms with Crippen LogP contribution in [0.15, 0.2) is 47.6 Å². The molecule has 7 heteroatoms. The smallest absolute Gasteiger partial charge is 0.338 e. The number of carboxylic acid groups (broad SMARTS) is 1. The van der Waals surface area contributed by atoms with Gasteiger partial charge in [-0.3, -0.25) is 0 Å². The van der Waals surface area contributed by atoms with Gasteiger partial charge < -0.3 is 20.4 Å². The molecule has 0 aliphatic rings. The van der Waals surface area contributed by atoms with E-state index in [0.29, 0.717) is 10.6 Å². The maximum Gasteiger partial charge on any atom is 0.338 e. The lowest BCUT2D eigenvalue weighted by Crippen LogP contribution is -2.15. The normalized spacial score (nSPS) is 13.5. The van der Waals surface area contributed by atoms with Gasteiger partial charge in [-0.05, 0) is 23.3 Å². The molecule has 0 fully saturated rings. The lowest BCUT2D eigenvalue weighted by atomic mass is 10.0. The third kappa shape index (κ3) is 5.04. The number of hydrogen-bond acceptors (Lipinski definition) is 6. The van der Waals surface area contributed by atoms with Crippen LogP contribution in [-0.2, 0) is 6.61 Å². The van der Waals surface area contributed by atoms with Gasteiger partial charge in [0.25, 0.3) is 0 Å². The molecule has 24 heavy (non-hydrogen) atoms. The largest absolute Gasteiger partial charge is 0.478 e. The predicted molar refractivity (Wildman–Crippen MR) is 89.9 cm³/mol. The molecule has 2 unspecified atom stereocenters. The summed E-state index contributed by atoms with van der Waals surface area (Å²) in [6.07, 6.45) is -0.0263. The van der Waals surface area contributed by atoms with Gasteiger partial charge in [0.05, 0.1) is 24.4 Å². The maximum absolute atomic E-state index is 11.1. The Morgan fingerprint density at radius 1 is 1.17 bits per heavy atom. The highest BCUT2D eigenvalue weighted by Crippen LogP contribution is 2.25. The Hall–Kier alpha value is -1.93. The third-order valence-electron chi connectivity index (χ3n) is 3.46. The zero-order valence-corrected chi connectivity index (χ0v) is 13.7. The van der Waals surface area contributed by atoms with E-state index in [1.807, 2.05) is 0 Å². The van der Waals surface area contributed by atoms with Gasteiger partial charge in [0.15, 0.2) is 0 Å². The molecule has 0 amide bonds. The van der Waals surface area contributed by atoms with Crippen LogP contribution in [0, 0.1) is 0 Å². The van der Waals surface area contributed by atoms with Crippen molar-refractivity contribution in [1.29, 1.82) is 0 Å². The molecule has 0 saturated heterocycles. The first-order valence-electron chi connectivity index (χ1n) is 7.38. The van der Waals surface area contributed by atoms with E-state index in [0.717, 1.165) is 17.3 Å². The number of thioether (sulfide) groups is 1. The van der Waals surface area contributed by atoms with E-state index in [2.05, 4.69) is 4.98 Å². The standard InChI is InChI=1S/C17H19NO5S/c19-9-11-3-5-12(6-4-11)15(21)8-13(20)10-24-16-14(17(22)23)2-1-7-18-16/h1-7,13,15,19-21H,8-10H2,(H,22,23). The molecule has 0 bridgehead atoms. The highest BCUT2D eigenvalue weighted by Gasteiger charge is 2.17. The van der Waals surface area contributed by atoms with Gasteiger partial charge in [0, 0.05) is 18.4 Å². The SMILES string of the molecule is O=C(O)c1cccnc1SCC(O)CC(O)c1ccc(CO)cc1. The average molecular weight is 349 g/mol. The minimum Gasteiger partial charge on any atom is -0.478 e. The van der Waals surface area contributed by atoms with Crippen LogP contribution in [0.5, 0.6) is 0 Å². The van der Waals surface area contributed by atoms with E-state index in [1.165, 1.54) is 12.3 Å². The Morgan fingerprint density at radius 3 is 2.50 bits per heavy atom. The van der Waals surface area contributed by atoms with Gasteiger partial charge in [0.2, 0.25) is 0 Å². The maximum atomic E-state index is 11.1. The number of benzene rings is 1. The van der Waals surface area contributed by atoms with Crippen LogP contribution in [-0.4, -0.2) is 43.2 Å². The summed E-state index contributed by atoms with van der Waals surface area (Å²) in [6.45, 7) is -0.0639. The Balaban J connectivity index is 1.91. The van der Waals surface area contributed by atoms with Crippen LogP contribution in [0.25, 0.3) is 0 Å². The van der Waals surface area contributed by atoms with Crippen molar-refractivity contribution in [3.05, 3.63) is 59.3 Å². The number of carboxylic acids is 1. The molecular formula is C17H19NO5S. The first kappa shape index (κ1) is 18.4. The topological polar surface area (TPSA) is 111 Å². The van der Waals surface area contributed by atoms with Crippen molar-refractivity contribution in [3.8, 4) is 0 Å². The van der Waals surface area contributed by atoms with Gasteiger partial charge in [0.1, 0.15) is 5.03 Å². The van der Waals surface area contributed by atoms with Gasteiger partial charge in [-0.25, -0.2) is 9.78 Å². The van der Waals surface area contributed by atoms with Crippen molar-refractivity contribution < 1.29 is 25.2 Å². The van der Waals surface area contributed by atoms with Crippen molar-refractivity contribution in [2.45, 2.75) is 30.3 Å². The second-order valence-corrected chi connectivity index (χ2v) is 6.29. The monoisotopic (exact) mass is 349 g/mol. The summed E-state index contributed by atoms with van der Waals surface area (Å²) in [5.74, 6) is -0.840. The fourth-order valence-electron chi connectivity index (χ4n) is 2.15. The summed E-state index contributed by atoms with van der Waals surface area (Å²) in [5, 5.41) is 38.7. The summed E-state index contributed by atoms with van der Waals surface area (Å²) in [6, 6.07) is 9.85. The number of aliphatic hydroxyl groups excluding tert-OH is 3. The molecule has 0 radical (unpaired) electrons. The zero-order valence-electron chi connectivity index (χ0n) is 12.9. The molecule has 1 aromatic heterocycles. The fourth-order valence-corrected chi connectivity index (χ4v) is 3.08. The highest BCUT2D eigenvalue weighted by atomic mass is 32.2. The quantitative estimate of drug-likeness (QED) is 0.538. The second kappa shape index (κ2) is 8.79. The lowest BCUT2D eigenvalue weighted by molar-refractivity contribution is 0.0691. The first-order chi connectivity index (χ1) is 11.5. The number of pyridine rings is 1. The van der Waals surface area contributed by atoms with Crippen molar-refractivity contribution in [3.63, 3.8) is 0 Å². The highest BCUT2D eigenvalue weighted by molar-refractivity contribution is 7.99. The number of rotatable bonds is 8. The van der Waals surface area contributed by atoms with Crippen LogP contribution >= 0.6 is 11.8 Å². The van der Waals surface area contributed by atoms with E-state index in [4.69, 9.17) is 10.2 Å². The van der Waals surface area contributed by atoms with Crippen molar-refractivity contribution in [2.24, 2.45) is 0 Å². The van der Waals surface area contributed by atoms with Gasteiger partial charge in [-0.1, -0.05) is 24.3 Å². The number of aliphatic hydroxyl groups is 3. The first-order valence-corrected chi connectivity index (χ1v) is 8.36. The van der Waals surface area contributed by atoms with Gasteiger partial charge >= 0.3 is 5.97 Å². The Labute approximate surface area is 143 Å². The molecule has 4 N–H and O–H groups in total. The fraction of sp³-hybridized carbons (Fsp3) is 0.294. The summed E-state index contributed by atoms with van der Waals surface area (Å²) >= 11 is 1.14. The van der Waals surface area contributed by atoms with E-state index >= 15 is 0 Å². The molecule has 1 aromatic carbocycles. The molecule has 0 spiro atoms. The number of hydrogen-bond donors (Lipinski definition) is 4. The number of aromatic carboxylic acids is 1. The number of carbonyl (C=O) groups is 1. The lowest BCUT2D eigenvalue weighted by Gasteiger charge is -2.16.